The molecule has 5 nitrogen and oxygen atoms in total. The van der Waals surface area contributed by atoms with Crippen molar-refractivity contribution >= 4 is 0 Å². The van der Waals surface area contributed by atoms with E-state index in [1.54, 1.807) is 18.3 Å². The Balaban J connectivity index is 1.63. The Labute approximate surface area is 154 Å². The highest BCUT2D eigenvalue weighted by Crippen LogP contribution is 2.22. The minimum absolute atomic E-state index is 0.0201. The molecule has 0 saturated carbocycles. The number of ether oxygens (including phenoxy) is 1. The molecular weight excluding hydrogens is 357 g/mol. The van der Waals surface area contributed by atoms with E-state index in [0.717, 1.165) is 16.8 Å². The van der Waals surface area contributed by atoms with Crippen LogP contribution >= 0.6 is 0 Å². The quantitative estimate of drug-likeness (QED) is 0.654. The smallest absolute Gasteiger partial charge is 0.422 e. The zero-order chi connectivity index (χ0) is 19.3. The highest BCUT2D eigenvalue weighted by Gasteiger charge is 2.29. The van der Waals surface area contributed by atoms with Crippen molar-refractivity contribution in [1.82, 2.24) is 20.5 Å². The van der Waals surface area contributed by atoms with Crippen LogP contribution in [0.3, 0.4) is 0 Å². The maximum Gasteiger partial charge on any atom is 0.422 e. The summed E-state index contributed by atoms with van der Waals surface area (Å²) in [5, 5.41) is 10.3. The molecule has 0 amide bonds. The number of benzene rings is 1. The van der Waals surface area contributed by atoms with Gasteiger partial charge in [-0.05, 0) is 18.6 Å². The number of pyridine rings is 1. The second-order valence-electron chi connectivity index (χ2n) is 6.11. The third kappa shape index (κ3) is 5.30. The van der Waals surface area contributed by atoms with Crippen LogP contribution in [0.1, 0.15) is 16.7 Å². The van der Waals surface area contributed by atoms with Crippen LogP contribution in [0.25, 0.3) is 11.3 Å². The van der Waals surface area contributed by atoms with Crippen LogP contribution in [0, 0.1) is 6.92 Å². The Morgan fingerprint density at radius 2 is 1.81 bits per heavy atom. The number of hydrogen-bond acceptors (Lipinski definition) is 4. The van der Waals surface area contributed by atoms with Crippen molar-refractivity contribution in [3.05, 3.63) is 65.5 Å². The second-order valence-corrected chi connectivity index (χ2v) is 6.11. The highest BCUT2D eigenvalue weighted by molar-refractivity contribution is 5.62. The highest BCUT2D eigenvalue weighted by atomic mass is 19.4. The van der Waals surface area contributed by atoms with Gasteiger partial charge in [-0.3, -0.25) is 5.10 Å². The van der Waals surface area contributed by atoms with Crippen molar-refractivity contribution in [3.8, 4) is 17.1 Å². The van der Waals surface area contributed by atoms with Crippen molar-refractivity contribution in [2.45, 2.75) is 26.2 Å². The molecule has 0 aliphatic rings. The van der Waals surface area contributed by atoms with Crippen LogP contribution in [0.5, 0.6) is 5.88 Å². The lowest BCUT2D eigenvalue weighted by Gasteiger charge is -2.12. The van der Waals surface area contributed by atoms with Gasteiger partial charge in [-0.1, -0.05) is 35.9 Å². The van der Waals surface area contributed by atoms with Crippen molar-refractivity contribution in [1.29, 1.82) is 0 Å². The van der Waals surface area contributed by atoms with E-state index in [-0.39, 0.29) is 5.88 Å². The molecule has 27 heavy (non-hydrogen) atoms. The van der Waals surface area contributed by atoms with Gasteiger partial charge >= 0.3 is 6.18 Å². The van der Waals surface area contributed by atoms with Gasteiger partial charge in [-0.25, -0.2) is 4.98 Å². The summed E-state index contributed by atoms with van der Waals surface area (Å²) in [5.74, 6) is -0.0201. The van der Waals surface area contributed by atoms with E-state index >= 15 is 0 Å². The third-order valence-electron chi connectivity index (χ3n) is 3.91. The van der Waals surface area contributed by atoms with Gasteiger partial charge in [-0.2, -0.15) is 18.3 Å². The predicted molar refractivity (Wildman–Crippen MR) is 95.1 cm³/mol. The molecule has 0 unspecified atom stereocenters. The van der Waals surface area contributed by atoms with Crippen LogP contribution < -0.4 is 10.1 Å². The van der Waals surface area contributed by atoms with Crippen LogP contribution in [0.15, 0.2) is 48.8 Å². The molecule has 2 N–H and O–H groups in total. The molecule has 0 aliphatic carbocycles. The van der Waals surface area contributed by atoms with Crippen LogP contribution in [-0.4, -0.2) is 28.0 Å². The number of halogens is 3. The van der Waals surface area contributed by atoms with E-state index in [9.17, 15) is 13.2 Å². The van der Waals surface area contributed by atoms with Gasteiger partial charge in [0.05, 0.1) is 11.9 Å². The predicted octanol–water partition coefficient (Wildman–Crippen LogP) is 4.01. The molecule has 3 rings (SSSR count). The third-order valence-corrected chi connectivity index (χ3v) is 3.91. The SMILES string of the molecule is Cc1ccc(-c2[nH]ncc2CNCc2cccnc2OCC(F)(F)F)cc1. The summed E-state index contributed by atoms with van der Waals surface area (Å²) >= 11 is 0. The summed E-state index contributed by atoms with van der Waals surface area (Å²) in [5.41, 5.74) is 4.61. The van der Waals surface area contributed by atoms with Crippen molar-refractivity contribution in [2.75, 3.05) is 6.61 Å². The number of aromatic nitrogens is 3. The van der Waals surface area contributed by atoms with Crippen LogP contribution in [0.2, 0.25) is 0 Å². The molecular formula is C19H19F3N4O. The van der Waals surface area contributed by atoms with Crippen LogP contribution in [-0.2, 0) is 13.1 Å². The normalized spacial score (nSPS) is 11.6. The lowest BCUT2D eigenvalue weighted by atomic mass is 10.1. The van der Waals surface area contributed by atoms with Crippen molar-refractivity contribution in [2.24, 2.45) is 0 Å². The fraction of sp³-hybridized carbons (Fsp3) is 0.263. The number of alkyl halides is 3. The lowest BCUT2D eigenvalue weighted by molar-refractivity contribution is -0.154. The van der Waals surface area contributed by atoms with E-state index in [4.69, 9.17) is 4.74 Å². The van der Waals surface area contributed by atoms with E-state index in [1.165, 1.54) is 11.8 Å². The zero-order valence-electron chi connectivity index (χ0n) is 14.7. The number of nitrogens with zero attached hydrogens (tertiary/aromatic N) is 2. The van der Waals surface area contributed by atoms with Crippen molar-refractivity contribution in [3.63, 3.8) is 0 Å². The molecule has 0 radical (unpaired) electrons. The molecule has 0 saturated heterocycles. The van der Waals surface area contributed by atoms with Gasteiger partial charge in [0.15, 0.2) is 6.61 Å². The first-order valence-corrected chi connectivity index (χ1v) is 8.36. The first-order chi connectivity index (χ1) is 12.9. The lowest BCUT2D eigenvalue weighted by Crippen LogP contribution is -2.21. The van der Waals surface area contributed by atoms with Gasteiger partial charge < -0.3 is 10.1 Å². The van der Waals surface area contributed by atoms with E-state index < -0.39 is 12.8 Å². The Bertz CT molecular complexity index is 875. The monoisotopic (exact) mass is 376 g/mol. The fourth-order valence-electron chi connectivity index (χ4n) is 2.59. The average Bonchev–Trinajstić information content (AvgIpc) is 3.09. The number of H-pyrrole nitrogens is 1. The maximum absolute atomic E-state index is 12.4. The number of aryl methyl sites for hydroxylation is 1. The molecule has 2 aromatic heterocycles. The molecule has 8 heteroatoms. The van der Waals surface area contributed by atoms with Crippen molar-refractivity contribution < 1.29 is 17.9 Å². The number of rotatable bonds is 7. The second kappa shape index (κ2) is 8.22. The number of nitrogens with one attached hydrogen (secondary N) is 2. The van der Waals surface area contributed by atoms with E-state index in [1.807, 2.05) is 31.2 Å². The fourth-order valence-corrected chi connectivity index (χ4v) is 2.59. The Morgan fingerprint density at radius 1 is 1.07 bits per heavy atom. The largest absolute Gasteiger partial charge is 0.468 e. The molecule has 1 aromatic carbocycles. The summed E-state index contributed by atoms with van der Waals surface area (Å²) in [6.07, 6.45) is -1.27. The summed E-state index contributed by atoms with van der Waals surface area (Å²) in [4.78, 5) is 3.89. The summed E-state index contributed by atoms with van der Waals surface area (Å²) in [6.45, 7) is 1.47. The van der Waals surface area contributed by atoms with Gasteiger partial charge in [0.25, 0.3) is 0 Å². The molecule has 2 heterocycles. The topological polar surface area (TPSA) is 62.8 Å². The molecule has 0 spiro atoms. The molecule has 0 atom stereocenters. The minimum atomic E-state index is -4.40. The van der Waals surface area contributed by atoms with Gasteiger partial charge in [-0.15, -0.1) is 0 Å². The molecule has 3 aromatic rings. The van der Waals surface area contributed by atoms with E-state index in [0.29, 0.717) is 18.7 Å². The molecule has 142 valence electrons. The first-order valence-electron chi connectivity index (χ1n) is 8.36. The number of hydrogen-bond donors (Lipinski definition) is 2. The van der Waals surface area contributed by atoms with E-state index in [2.05, 4.69) is 20.5 Å². The summed E-state index contributed by atoms with van der Waals surface area (Å²) < 4.78 is 41.9. The summed E-state index contributed by atoms with van der Waals surface area (Å²) in [6, 6.07) is 11.4. The van der Waals surface area contributed by atoms with Crippen LogP contribution in [0.4, 0.5) is 13.2 Å². The Morgan fingerprint density at radius 3 is 2.56 bits per heavy atom. The first kappa shape index (κ1) is 18.9. The Hall–Kier alpha value is -2.87. The zero-order valence-corrected chi connectivity index (χ0v) is 14.7. The number of aromatic amines is 1. The molecule has 0 bridgehead atoms. The molecule has 0 aliphatic heterocycles. The van der Waals surface area contributed by atoms with Gasteiger partial charge in [0.1, 0.15) is 0 Å². The van der Waals surface area contributed by atoms with Gasteiger partial charge in [0.2, 0.25) is 5.88 Å². The maximum atomic E-state index is 12.4. The average molecular weight is 376 g/mol. The Kier molecular flexibility index (Phi) is 5.75. The summed E-state index contributed by atoms with van der Waals surface area (Å²) in [7, 11) is 0. The molecule has 0 fully saturated rings. The standard InChI is InChI=1S/C19H19F3N4O/c1-13-4-6-14(7-5-13)17-16(11-25-26-17)10-23-9-15-3-2-8-24-18(15)27-12-19(20,21)22/h2-8,11,23H,9-10,12H2,1H3,(H,25,26). The van der Waals surface area contributed by atoms with Gasteiger partial charge in [0, 0.05) is 30.4 Å². The minimum Gasteiger partial charge on any atom is -0.468 e.